The number of sulfonamides is 2. The predicted molar refractivity (Wildman–Crippen MR) is 104 cm³/mol. The van der Waals surface area contributed by atoms with Gasteiger partial charge in [-0.25, -0.2) is 25.8 Å². The lowest BCUT2D eigenvalue weighted by atomic mass is 10.1. The zero-order valence-corrected chi connectivity index (χ0v) is 19.4. The van der Waals surface area contributed by atoms with Gasteiger partial charge in [0.05, 0.1) is 6.54 Å². The molecule has 0 amide bonds. The van der Waals surface area contributed by atoms with Crippen molar-refractivity contribution < 1.29 is 52.1 Å². The van der Waals surface area contributed by atoms with E-state index in [4.69, 9.17) is 0 Å². The molecule has 0 N–H and O–H groups in total. The topological polar surface area (TPSA) is 104 Å². The van der Waals surface area contributed by atoms with Crippen LogP contribution in [0.3, 0.4) is 0 Å². The van der Waals surface area contributed by atoms with Gasteiger partial charge in [-0.3, -0.25) is 0 Å². The average Bonchev–Trinajstić information content (AvgIpc) is 3.09. The van der Waals surface area contributed by atoms with Crippen LogP contribution in [0.5, 0.6) is 0 Å². The number of unbranched alkanes of at least 4 members (excludes halogenated alkanes) is 7. The maximum Gasteiger partial charge on any atom is 0.480 e. The number of aromatic nitrogens is 3. The summed E-state index contributed by atoms with van der Waals surface area (Å²) in [5.74, 6) is 0. The van der Waals surface area contributed by atoms with Crippen molar-refractivity contribution in [1.29, 1.82) is 0 Å². The minimum Gasteiger partial charge on any atom is -0.421 e. The molecular formula is C16H27F7N4O4S2. The fourth-order valence-corrected chi connectivity index (χ4v) is 4.02. The van der Waals surface area contributed by atoms with Gasteiger partial charge in [-0.2, -0.15) is 26.3 Å². The summed E-state index contributed by atoms with van der Waals surface area (Å²) in [5, 5.41) is 4.21. The van der Waals surface area contributed by atoms with E-state index < -0.39 is 31.1 Å². The Morgan fingerprint density at radius 2 is 1.30 bits per heavy atom. The fraction of sp³-hybridized carbons (Fsp3) is 0.875. The molecule has 0 aromatic carbocycles. The van der Waals surface area contributed by atoms with Crippen LogP contribution in [0.2, 0.25) is 0 Å². The van der Waals surface area contributed by atoms with Crippen molar-refractivity contribution in [3.8, 4) is 0 Å². The third-order valence-corrected chi connectivity index (χ3v) is 6.73. The monoisotopic (exact) mass is 536 g/mol. The number of hydrogen-bond acceptors (Lipinski definition) is 5. The van der Waals surface area contributed by atoms with Crippen LogP contribution < -0.4 is 4.57 Å². The van der Waals surface area contributed by atoms with E-state index in [0.717, 1.165) is 10.7 Å². The minimum absolute atomic E-state index is 0.325. The van der Waals surface area contributed by atoms with Crippen molar-refractivity contribution in [1.82, 2.24) is 9.78 Å². The van der Waals surface area contributed by atoms with E-state index in [1.807, 2.05) is 11.0 Å². The molecule has 0 unspecified atom stereocenters. The molecule has 0 radical (unpaired) electrons. The summed E-state index contributed by atoms with van der Waals surface area (Å²) in [6.45, 7) is 3.29. The Hall–Kier alpha value is -1.49. The van der Waals surface area contributed by atoms with Crippen LogP contribution in [0.15, 0.2) is 12.7 Å². The summed E-state index contributed by atoms with van der Waals surface area (Å²) in [6, 6.07) is 0. The Bertz CT molecular complexity index is 843. The van der Waals surface area contributed by atoms with Crippen LogP contribution in [-0.2, 0) is 33.1 Å². The first-order valence-corrected chi connectivity index (χ1v) is 12.8. The lowest BCUT2D eigenvalue weighted by Gasteiger charge is -2.22. The van der Waals surface area contributed by atoms with Gasteiger partial charge in [0.1, 0.15) is 13.2 Å². The van der Waals surface area contributed by atoms with Crippen LogP contribution in [-0.4, -0.2) is 44.3 Å². The molecule has 0 aliphatic heterocycles. The highest BCUT2D eigenvalue weighted by Crippen LogP contribution is 2.36. The van der Waals surface area contributed by atoms with Gasteiger partial charge in [0.15, 0.2) is 20.0 Å². The van der Waals surface area contributed by atoms with Crippen molar-refractivity contribution in [2.45, 2.75) is 82.4 Å². The van der Waals surface area contributed by atoms with Crippen LogP contribution in [0.25, 0.3) is 4.13 Å². The molecule has 0 fully saturated rings. The Morgan fingerprint density at radius 3 is 1.73 bits per heavy atom. The quantitative estimate of drug-likeness (QED) is 0.212. The van der Waals surface area contributed by atoms with Gasteiger partial charge in [0.25, 0.3) is 6.33 Å². The standard InChI is InChI=1S/C14H27FN3.C2F6NO4S2/c1-2-3-4-5-6-7-8-9-11-18-14-17(12-10-15)13-16-18;3-1(4,5)14(10,11)9-15(12,13)2(6,7)8/h13-14H,2-12H2,1H3;/q+1;-1. The molecule has 1 aromatic rings. The first-order valence-electron chi connectivity index (χ1n) is 9.91. The van der Waals surface area contributed by atoms with Crippen molar-refractivity contribution >= 4 is 20.0 Å². The predicted octanol–water partition coefficient (Wildman–Crippen LogP) is 4.34. The largest absolute Gasteiger partial charge is 0.480 e. The summed E-state index contributed by atoms with van der Waals surface area (Å²) in [5.41, 5.74) is -12.4. The average molecular weight is 537 g/mol. The van der Waals surface area contributed by atoms with Gasteiger partial charge in [-0.1, -0.05) is 51.9 Å². The molecule has 0 bridgehead atoms. The Labute approximate surface area is 188 Å². The molecule has 8 nitrogen and oxygen atoms in total. The van der Waals surface area contributed by atoms with E-state index in [9.17, 15) is 47.6 Å². The molecule has 0 saturated carbocycles. The minimum atomic E-state index is -6.72. The molecule has 196 valence electrons. The second-order valence-electron chi connectivity index (χ2n) is 6.83. The third-order valence-electron chi connectivity index (χ3n) is 3.99. The second-order valence-corrected chi connectivity index (χ2v) is 10.2. The van der Waals surface area contributed by atoms with Gasteiger partial charge in [-0.05, 0) is 6.42 Å². The van der Waals surface area contributed by atoms with Crippen molar-refractivity contribution in [2.75, 3.05) is 6.67 Å². The summed E-state index contributed by atoms with van der Waals surface area (Å²) in [7, 11) is -13.4. The fourth-order valence-electron chi connectivity index (χ4n) is 2.31. The Balaban J connectivity index is 0.000000633. The number of alkyl halides is 7. The zero-order chi connectivity index (χ0) is 25.8. The molecule has 0 atom stereocenters. The van der Waals surface area contributed by atoms with E-state index in [-0.39, 0.29) is 6.67 Å². The summed E-state index contributed by atoms with van der Waals surface area (Å²) in [4.78, 5) is 0. The number of hydrogen-bond donors (Lipinski definition) is 0. The highest BCUT2D eigenvalue weighted by atomic mass is 32.3. The van der Waals surface area contributed by atoms with Crippen molar-refractivity contribution in [2.24, 2.45) is 0 Å². The molecule has 0 spiro atoms. The van der Waals surface area contributed by atoms with E-state index in [1.54, 1.807) is 10.9 Å². The maximum absolute atomic E-state index is 12.1. The van der Waals surface area contributed by atoms with E-state index >= 15 is 0 Å². The third kappa shape index (κ3) is 12.5. The van der Waals surface area contributed by atoms with Crippen molar-refractivity contribution in [3.05, 3.63) is 16.8 Å². The van der Waals surface area contributed by atoms with Gasteiger partial charge in [0.2, 0.25) is 6.33 Å². The zero-order valence-electron chi connectivity index (χ0n) is 17.8. The normalized spacial score (nSPS) is 13.0. The number of nitrogens with zero attached hydrogens (tertiary/aromatic N) is 4. The first-order chi connectivity index (χ1) is 15.1. The molecular weight excluding hydrogens is 509 g/mol. The van der Waals surface area contributed by atoms with Gasteiger partial charge in [-0.15, -0.1) is 4.68 Å². The van der Waals surface area contributed by atoms with E-state index in [0.29, 0.717) is 6.54 Å². The van der Waals surface area contributed by atoms with Crippen LogP contribution in [0.4, 0.5) is 30.7 Å². The molecule has 0 aliphatic carbocycles. The molecule has 17 heteroatoms. The summed E-state index contributed by atoms with van der Waals surface area (Å²) in [6.07, 6.45) is 14.2. The van der Waals surface area contributed by atoms with Crippen LogP contribution >= 0.6 is 0 Å². The smallest absolute Gasteiger partial charge is 0.421 e. The van der Waals surface area contributed by atoms with Crippen LogP contribution in [0, 0.1) is 0 Å². The summed E-state index contributed by atoms with van der Waals surface area (Å²) >= 11 is 0. The van der Waals surface area contributed by atoms with Gasteiger partial charge < -0.3 is 4.13 Å². The number of halogens is 7. The Kier molecular flexibility index (Phi) is 13.4. The number of aryl methyl sites for hydroxylation is 2. The molecule has 0 saturated heterocycles. The lowest BCUT2D eigenvalue weighted by molar-refractivity contribution is -0.697. The van der Waals surface area contributed by atoms with E-state index in [1.165, 1.54) is 51.4 Å². The highest BCUT2D eigenvalue weighted by molar-refractivity contribution is 8.13. The number of rotatable bonds is 13. The van der Waals surface area contributed by atoms with Crippen molar-refractivity contribution in [3.63, 3.8) is 0 Å². The van der Waals surface area contributed by atoms with Gasteiger partial charge in [0, 0.05) is 5.10 Å². The SMILES string of the molecule is CCCCCCCCCCn1c[n+](CCF)cn1.O=S(=O)([N-]S(=O)(=O)C(F)(F)F)C(F)(F)F. The maximum atomic E-state index is 12.1. The Morgan fingerprint density at radius 1 is 0.848 bits per heavy atom. The highest BCUT2D eigenvalue weighted by Gasteiger charge is 2.46. The molecule has 33 heavy (non-hydrogen) atoms. The first kappa shape index (κ1) is 31.5. The van der Waals surface area contributed by atoms with Gasteiger partial charge >= 0.3 is 11.0 Å². The summed E-state index contributed by atoms with van der Waals surface area (Å²) < 4.78 is 125. The lowest BCUT2D eigenvalue weighted by Crippen LogP contribution is -2.32. The molecule has 1 aromatic heterocycles. The van der Waals surface area contributed by atoms with Crippen LogP contribution in [0.1, 0.15) is 58.3 Å². The second kappa shape index (κ2) is 14.0. The molecule has 1 heterocycles. The molecule has 0 aliphatic rings. The molecule has 1 rings (SSSR count). The van der Waals surface area contributed by atoms with E-state index in [2.05, 4.69) is 12.0 Å².